The van der Waals surface area contributed by atoms with E-state index in [0.29, 0.717) is 29.1 Å². The number of hydrogen-bond acceptors (Lipinski definition) is 8. The maximum atomic E-state index is 13.2. The van der Waals surface area contributed by atoms with Crippen LogP contribution in [-0.4, -0.2) is 36.6 Å². The number of oxime groups is 1. The van der Waals surface area contributed by atoms with Crippen LogP contribution in [0.3, 0.4) is 0 Å². The van der Waals surface area contributed by atoms with E-state index in [2.05, 4.69) is 15.6 Å². The molecule has 2 aromatic rings. The van der Waals surface area contributed by atoms with Crippen molar-refractivity contribution >= 4 is 17.7 Å². The molecule has 2 aromatic carbocycles. The summed E-state index contributed by atoms with van der Waals surface area (Å²) in [4.78, 5) is 16.3. The second kappa shape index (κ2) is 9.88. The van der Waals surface area contributed by atoms with Gasteiger partial charge in [0.1, 0.15) is 19.5 Å². The highest BCUT2D eigenvalue weighted by molar-refractivity contribution is 5.98. The average Bonchev–Trinajstić information content (AvgIpc) is 3.22. The van der Waals surface area contributed by atoms with Gasteiger partial charge in [0.05, 0.1) is 11.4 Å². The molecule has 0 bridgehead atoms. The molecule has 176 valence electrons. The fourth-order valence-electron chi connectivity index (χ4n) is 3.51. The molecule has 33 heavy (non-hydrogen) atoms. The van der Waals surface area contributed by atoms with Crippen molar-refractivity contribution in [1.29, 1.82) is 0 Å². The van der Waals surface area contributed by atoms with Crippen molar-refractivity contribution in [2.45, 2.75) is 46.3 Å². The summed E-state index contributed by atoms with van der Waals surface area (Å²) >= 11 is 0. The first-order valence-electron chi connectivity index (χ1n) is 10.2. The average molecular weight is 463 g/mol. The predicted octanol–water partition coefficient (Wildman–Crippen LogP) is 4.96. The first kappa shape index (κ1) is 24.0. The number of alkyl halides is 3. The largest absolute Gasteiger partial charge is 0.504 e. The van der Waals surface area contributed by atoms with Crippen molar-refractivity contribution < 1.29 is 27.5 Å². The number of anilines is 1. The first-order chi connectivity index (χ1) is 15.7. The summed E-state index contributed by atoms with van der Waals surface area (Å²) < 4.78 is 45.7. The molecule has 0 aliphatic carbocycles. The number of halogens is 3. The Bertz CT molecular complexity index is 1070. The van der Waals surface area contributed by atoms with E-state index < -0.39 is 12.5 Å². The van der Waals surface area contributed by atoms with E-state index in [4.69, 9.17) is 9.57 Å². The Kier molecular flexibility index (Phi) is 7.19. The van der Waals surface area contributed by atoms with Crippen LogP contribution in [0, 0.1) is 6.92 Å². The summed E-state index contributed by atoms with van der Waals surface area (Å²) in [6, 6.07) is 10.7. The summed E-state index contributed by atoms with van der Waals surface area (Å²) in [5, 5.41) is 11.4. The van der Waals surface area contributed by atoms with Gasteiger partial charge in [0.15, 0.2) is 6.29 Å². The molecule has 0 saturated carbocycles. The lowest BCUT2D eigenvalue weighted by atomic mass is 10.0. The van der Waals surface area contributed by atoms with E-state index >= 15 is 0 Å². The van der Waals surface area contributed by atoms with Gasteiger partial charge in [-0.25, -0.2) is 5.01 Å². The van der Waals surface area contributed by atoms with Crippen LogP contribution in [0.4, 0.5) is 18.9 Å². The van der Waals surface area contributed by atoms with Crippen LogP contribution in [0.1, 0.15) is 36.1 Å². The zero-order chi connectivity index (χ0) is 24.2. The Labute approximate surface area is 189 Å². The van der Waals surface area contributed by atoms with Crippen molar-refractivity contribution in [1.82, 2.24) is 5.01 Å². The number of carbonyl (C=O) groups excluding carboxylic acids is 1. The second-order valence-corrected chi connectivity index (χ2v) is 7.28. The van der Waals surface area contributed by atoms with Gasteiger partial charge < -0.3 is 9.57 Å². The molecule has 0 radical (unpaired) electrons. The molecule has 1 aliphatic heterocycles. The van der Waals surface area contributed by atoms with Crippen LogP contribution >= 0.6 is 0 Å². The molecule has 1 aliphatic rings. The Morgan fingerprint density at radius 2 is 2.00 bits per heavy atom. The lowest BCUT2D eigenvalue weighted by Crippen LogP contribution is -2.47. The van der Waals surface area contributed by atoms with Crippen LogP contribution in [-0.2, 0) is 22.7 Å². The van der Waals surface area contributed by atoms with E-state index in [0.717, 1.165) is 21.7 Å². The molecular formula is C22H24F3N5O3. The molecule has 11 heteroatoms. The van der Waals surface area contributed by atoms with Crippen LogP contribution in [0.5, 0.6) is 5.75 Å². The molecule has 1 atom stereocenters. The van der Waals surface area contributed by atoms with Gasteiger partial charge in [0.2, 0.25) is 6.17 Å². The predicted molar refractivity (Wildman–Crippen MR) is 116 cm³/mol. The van der Waals surface area contributed by atoms with E-state index in [1.165, 1.54) is 7.11 Å². The maximum absolute atomic E-state index is 13.2. The lowest BCUT2D eigenvalue weighted by Gasteiger charge is -2.27. The molecule has 1 heterocycles. The van der Waals surface area contributed by atoms with E-state index in [9.17, 15) is 18.0 Å². The third-order valence-electron chi connectivity index (χ3n) is 5.18. The Balaban J connectivity index is 1.90. The number of ether oxygens (including phenoxy) is 1. The van der Waals surface area contributed by atoms with Gasteiger partial charge in [-0.1, -0.05) is 24.2 Å². The molecule has 3 rings (SSSR count). The molecule has 8 nitrogen and oxygen atoms in total. The van der Waals surface area contributed by atoms with Crippen molar-refractivity contribution in [2.75, 3.05) is 12.1 Å². The summed E-state index contributed by atoms with van der Waals surface area (Å²) in [6.45, 7) is 5.68. The van der Waals surface area contributed by atoms with Crippen LogP contribution in [0.15, 0.2) is 52.0 Å². The number of carbonyl (C=O) groups is 1. The molecule has 0 amide bonds. The zero-order valence-corrected chi connectivity index (χ0v) is 18.6. The molecule has 0 saturated heterocycles. The summed E-state index contributed by atoms with van der Waals surface area (Å²) in [6.07, 6.45) is -5.81. The van der Waals surface area contributed by atoms with Gasteiger partial charge in [0.25, 0.3) is 0 Å². The topological polar surface area (TPSA) is 79.1 Å². The molecule has 0 spiro atoms. The summed E-state index contributed by atoms with van der Waals surface area (Å²) in [5.41, 5.74) is 4.22. The Hall–Kier alpha value is -3.63. The van der Waals surface area contributed by atoms with Crippen molar-refractivity contribution in [3.05, 3.63) is 58.7 Å². The third-order valence-corrected chi connectivity index (χ3v) is 5.18. The highest BCUT2D eigenvalue weighted by Gasteiger charge is 2.48. The summed E-state index contributed by atoms with van der Waals surface area (Å²) in [5.74, 6) is 0.604. The highest BCUT2D eigenvalue weighted by Crippen LogP contribution is 2.36. The van der Waals surface area contributed by atoms with Crippen molar-refractivity contribution in [3.8, 4) is 5.75 Å². The van der Waals surface area contributed by atoms with Gasteiger partial charge in [0, 0.05) is 5.56 Å². The Morgan fingerprint density at radius 1 is 1.24 bits per heavy atom. The van der Waals surface area contributed by atoms with E-state index in [1.54, 1.807) is 18.2 Å². The molecule has 1 unspecified atom stereocenters. The summed E-state index contributed by atoms with van der Waals surface area (Å²) in [7, 11) is 1.47. The van der Waals surface area contributed by atoms with Crippen LogP contribution < -0.4 is 9.75 Å². The van der Waals surface area contributed by atoms with E-state index in [-0.39, 0.29) is 17.9 Å². The van der Waals surface area contributed by atoms with Crippen LogP contribution in [0.2, 0.25) is 0 Å². The minimum absolute atomic E-state index is 0.0638. The number of aryl methyl sites for hydroxylation is 2. The van der Waals surface area contributed by atoms with Crippen molar-refractivity contribution in [2.24, 2.45) is 15.6 Å². The number of rotatable bonds is 8. The smallest absolute Gasteiger partial charge is 0.489 e. The molecule has 0 N–H and O–H groups in total. The monoisotopic (exact) mass is 463 g/mol. The lowest BCUT2D eigenvalue weighted by molar-refractivity contribution is -0.251. The van der Waals surface area contributed by atoms with Gasteiger partial charge in [-0.05, 0) is 71.7 Å². The molecule has 0 aromatic heterocycles. The minimum Gasteiger partial charge on any atom is -0.489 e. The first-order valence-corrected chi connectivity index (χ1v) is 10.2. The van der Waals surface area contributed by atoms with Gasteiger partial charge in [-0.2, -0.15) is 5.01 Å². The number of aldehydes is 1. The van der Waals surface area contributed by atoms with Gasteiger partial charge in [-0.3, -0.25) is 4.79 Å². The number of benzene rings is 2. The third kappa shape index (κ3) is 5.07. The van der Waals surface area contributed by atoms with Gasteiger partial charge in [-0.15, -0.1) is 13.2 Å². The standard InChI is InChI=1S/C22H24F3N5O3/c1-5-16-7-6-8-19(29-21(12-31)30(28-27-29)22(23,24)25)18(16)13-33-20-10-9-17(11-14(20)2)15(3)26-32-4/h6-12,21H,5,13H2,1-4H3. The Morgan fingerprint density at radius 3 is 2.61 bits per heavy atom. The highest BCUT2D eigenvalue weighted by atomic mass is 19.4. The number of hydrogen-bond donors (Lipinski definition) is 0. The molecule has 0 fully saturated rings. The quantitative estimate of drug-likeness (QED) is 0.239. The maximum Gasteiger partial charge on any atom is 0.504 e. The number of nitrogens with zero attached hydrogens (tertiary/aromatic N) is 5. The molecular weight excluding hydrogens is 439 g/mol. The van der Waals surface area contributed by atoms with Gasteiger partial charge >= 0.3 is 6.30 Å². The normalized spacial score (nSPS) is 16.3. The minimum atomic E-state index is -4.84. The van der Waals surface area contributed by atoms with Crippen LogP contribution in [0.25, 0.3) is 0 Å². The van der Waals surface area contributed by atoms with E-state index in [1.807, 2.05) is 39.0 Å². The SMILES string of the molecule is CCc1cccc(N2N=NN(C(F)(F)F)C2C=O)c1COc1ccc(C(C)=NOC)cc1C. The fourth-order valence-corrected chi connectivity index (χ4v) is 3.51. The second-order valence-electron chi connectivity index (χ2n) is 7.28. The zero-order valence-electron chi connectivity index (χ0n) is 18.6. The van der Waals surface area contributed by atoms with Crippen molar-refractivity contribution in [3.63, 3.8) is 0 Å². The fraction of sp³-hybridized carbons (Fsp3) is 0.364.